The molecule has 0 unspecified atom stereocenters. The second kappa shape index (κ2) is 7.40. The zero-order chi connectivity index (χ0) is 12.5. The van der Waals surface area contributed by atoms with Crippen molar-refractivity contribution in [3.05, 3.63) is 35.9 Å². The van der Waals surface area contributed by atoms with Gasteiger partial charge in [0.05, 0.1) is 6.42 Å². The van der Waals surface area contributed by atoms with E-state index in [0.717, 1.165) is 5.56 Å². The van der Waals surface area contributed by atoms with Crippen LogP contribution >= 0.6 is 0 Å². The Balaban J connectivity index is 2.11. The van der Waals surface area contributed by atoms with E-state index in [2.05, 4.69) is 10.9 Å². The normalized spacial score (nSPS) is 9.71. The van der Waals surface area contributed by atoms with Crippen molar-refractivity contribution in [1.29, 1.82) is 0 Å². The first kappa shape index (κ1) is 13.2. The van der Waals surface area contributed by atoms with Crippen molar-refractivity contribution >= 4 is 11.9 Å². The van der Waals surface area contributed by atoms with Gasteiger partial charge in [0.15, 0.2) is 0 Å². The number of benzene rings is 1. The topological polar surface area (TPSA) is 67.4 Å². The number of hydrazine groups is 1. The fourth-order valence-electron chi connectivity index (χ4n) is 1.16. The number of ether oxygens (including phenoxy) is 1. The second-order valence-electron chi connectivity index (χ2n) is 3.50. The lowest BCUT2D eigenvalue weighted by Crippen LogP contribution is -2.37. The van der Waals surface area contributed by atoms with Crippen LogP contribution in [0.1, 0.15) is 18.9 Å². The Morgan fingerprint density at radius 2 is 1.94 bits per heavy atom. The first-order valence-corrected chi connectivity index (χ1v) is 5.37. The van der Waals surface area contributed by atoms with Crippen LogP contribution in [0.4, 0.5) is 0 Å². The van der Waals surface area contributed by atoms with E-state index in [0.29, 0.717) is 6.54 Å². The van der Waals surface area contributed by atoms with E-state index in [1.165, 1.54) is 6.92 Å². The summed E-state index contributed by atoms with van der Waals surface area (Å²) < 4.78 is 5.04. The lowest BCUT2D eigenvalue weighted by Gasteiger charge is -2.06. The van der Waals surface area contributed by atoms with Crippen LogP contribution in [0.2, 0.25) is 0 Å². The van der Waals surface area contributed by atoms with E-state index in [9.17, 15) is 9.59 Å². The highest BCUT2D eigenvalue weighted by molar-refractivity contribution is 5.72. The molecule has 0 fully saturated rings. The molecule has 0 aliphatic heterocycles. The van der Waals surface area contributed by atoms with Crippen molar-refractivity contribution in [2.75, 3.05) is 6.54 Å². The molecule has 1 rings (SSSR count). The minimum Gasteiger partial charge on any atom is -0.461 e. The SMILES string of the molecule is CC(=O)NNCCC(=O)OCc1ccccc1. The number of carbonyl (C=O) groups is 2. The molecule has 5 nitrogen and oxygen atoms in total. The van der Waals surface area contributed by atoms with Crippen molar-refractivity contribution in [3.8, 4) is 0 Å². The number of hydrogen-bond acceptors (Lipinski definition) is 4. The molecule has 92 valence electrons. The molecule has 0 spiro atoms. The Labute approximate surface area is 100 Å². The molecular weight excluding hydrogens is 220 g/mol. The van der Waals surface area contributed by atoms with Gasteiger partial charge < -0.3 is 4.74 Å². The van der Waals surface area contributed by atoms with Gasteiger partial charge in [-0.3, -0.25) is 15.0 Å². The Kier molecular flexibility index (Phi) is 5.74. The average molecular weight is 236 g/mol. The summed E-state index contributed by atoms with van der Waals surface area (Å²) in [5, 5.41) is 0. The highest BCUT2D eigenvalue weighted by atomic mass is 16.5. The summed E-state index contributed by atoms with van der Waals surface area (Å²) in [7, 11) is 0. The summed E-state index contributed by atoms with van der Waals surface area (Å²) in [6.45, 7) is 2.02. The molecule has 0 atom stereocenters. The molecular formula is C12H16N2O3. The van der Waals surface area contributed by atoms with Gasteiger partial charge in [0, 0.05) is 13.5 Å². The molecule has 0 saturated heterocycles. The standard InChI is InChI=1S/C12H16N2O3/c1-10(15)14-13-8-7-12(16)17-9-11-5-3-2-4-6-11/h2-6,13H,7-9H2,1H3,(H,14,15). The van der Waals surface area contributed by atoms with Crippen molar-refractivity contribution < 1.29 is 14.3 Å². The van der Waals surface area contributed by atoms with E-state index < -0.39 is 0 Å². The number of esters is 1. The lowest BCUT2D eigenvalue weighted by atomic mass is 10.2. The van der Waals surface area contributed by atoms with Crippen LogP contribution in [-0.2, 0) is 20.9 Å². The predicted molar refractivity (Wildman–Crippen MR) is 62.7 cm³/mol. The summed E-state index contributed by atoms with van der Waals surface area (Å²) in [6.07, 6.45) is 0.215. The molecule has 0 bridgehead atoms. The van der Waals surface area contributed by atoms with Crippen LogP contribution in [0, 0.1) is 0 Å². The maximum atomic E-state index is 11.3. The first-order chi connectivity index (χ1) is 8.18. The zero-order valence-electron chi connectivity index (χ0n) is 9.73. The highest BCUT2D eigenvalue weighted by Crippen LogP contribution is 2.01. The zero-order valence-corrected chi connectivity index (χ0v) is 9.73. The Hall–Kier alpha value is -1.88. The third kappa shape index (κ3) is 6.32. The Bertz CT molecular complexity index is 365. The molecule has 0 radical (unpaired) electrons. The fourth-order valence-corrected chi connectivity index (χ4v) is 1.16. The van der Waals surface area contributed by atoms with Gasteiger partial charge in [0.1, 0.15) is 6.61 Å². The summed E-state index contributed by atoms with van der Waals surface area (Å²) >= 11 is 0. The molecule has 1 amide bonds. The maximum absolute atomic E-state index is 11.3. The van der Waals surface area contributed by atoms with Gasteiger partial charge in [-0.15, -0.1) is 0 Å². The largest absolute Gasteiger partial charge is 0.461 e. The molecule has 0 heterocycles. The predicted octanol–water partition coefficient (Wildman–Crippen LogP) is 0.761. The van der Waals surface area contributed by atoms with E-state index in [-0.39, 0.29) is 24.9 Å². The Morgan fingerprint density at radius 3 is 2.59 bits per heavy atom. The molecule has 0 saturated carbocycles. The minimum atomic E-state index is -0.299. The van der Waals surface area contributed by atoms with Gasteiger partial charge in [-0.05, 0) is 5.56 Å². The quantitative estimate of drug-likeness (QED) is 0.435. The molecule has 5 heteroatoms. The van der Waals surface area contributed by atoms with E-state index in [4.69, 9.17) is 4.74 Å². The number of hydrogen-bond donors (Lipinski definition) is 2. The molecule has 0 aromatic heterocycles. The molecule has 1 aromatic rings. The number of rotatable bonds is 6. The third-order valence-corrected chi connectivity index (χ3v) is 1.96. The number of nitrogens with one attached hydrogen (secondary N) is 2. The van der Waals surface area contributed by atoms with E-state index in [1.54, 1.807) is 0 Å². The van der Waals surface area contributed by atoms with Gasteiger partial charge in [0.25, 0.3) is 0 Å². The van der Waals surface area contributed by atoms with Crippen LogP contribution in [0.15, 0.2) is 30.3 Å². The van der Waals surface area contributed by atoms with Crippen molar-refractivity contribution in [1.82, 2.24) is 10.9 Å². The summed E-state index contributed by atoms with van der Waals surface area (Å²) in [6, 6.07) is 9.47. The second-order valence-corrected chi connectivity index (χ2v) is 3.50. The smallest absolute Gasteiger partial charge is 0.307 e. The maximum Gasteiger partial charge on any atom is 0.307 e. The fraction of sp³-hybridized carbons (Fsp3) is 0.333. The lowest BCUT2D eigenvalue weighted by molar-refractivity contribution is -0.145. The number of amides is 1. The van der Waals surface area contributed by atoms with Crippen LogP contribution in [0.3, 0.4) is 0 Å². The monoisotopic (exact) mass is 236 g/mol. The van der Waals surface area contributed by atoms with Gasteiger partial charge in [-0.2, -0.15) is 0 Å². The summed E-state index contributed by atoms with van der Waals surface area (Å²) in [4.78, 5) is 21.8. The Morgan fingerprint density at radius 1 is 1.24 bits per heavy atom. The van der Waals surface area contributed by atoms with Gasteiger partial charge in [-0.1, -0.05) is 30.3 Å². The van der Waals surface area contributed by atoms with Gasteiger partial charge >= 0.3 is 5.97 Å². The molecule has 1 aromatic carbocycles. The summed E-state index contributed by atoms with van der Waals surface area (Å²) in [5.41, 5.74) is 5.95. The van der Waals surface area contributed by atoms with Crippen molar-refractivity contribution in [2.24, 2.45) is 0 Å². The molecule has 0 aliphatic rings. The van der Waals surface area contributed by atoms with E-state index >= 15 is 0 Å². The van der Waals surface area contributed by atoms with Crippen LogP contribution in [0.5, 0.6) is 0 Å². The van der Waals surface area contributed by atoms with Crippen LogP contribution < -0.4 is 10.9 Å². The molecule has 17 heavy (non-hydrogen) atoms. The minimum absolute atomic E-state index is 0.192. The van der Waals surface area contributed by atoms with Crippen molar-refractivity contribution in [3.63, 3.8) is 0 Å². The number of carbonyl (C=O) groups excluding carboxylic acids is 2. The highest BCUT2D eigenvalue weighted by Gasteiger charge is 2.02. The van der Waals surface area contributed by atoms with Crippen LogP contribution in [-0.4, -0.2) is 18.4 Å². The molecule has 2 N–H and O–H groups in total. The third-order valence-electron chi connectivity index (χ3n) is 1.96. The first-order valence-electron chi connectivity index (χ1n) is 5.37. The van der Waals surface area contributed by atoms with Crippen LogP contribution in [0.25, 0.3) is 0 Å². The molecule has 0 aliphatic carbocycles. The van der Waals surface area contributed by atoms with Crippen molar-refractivity contribution in [2.45, 2.75) is 20.0 Å². The summed E-state index contributed by atoms with van der Waals surface area (Å²) in [5.74, 6) is -0.491. The van der Waals surface area contributed by atoms with Gasteiger partial charge in [-0.25, -0.2) is 5.43 Å². The van der Waals surface area contributed by atoms with E-state index in [1.807, 2.05) is 30.3 Å². The van der Waals surface area contributed by atoms with Gasteiger partial charge in [0.2, 0.25) is 5.91 Å². The average Bonchev–Trinajstić information content (AvgIpc) is 2.33.